The Morgan fingerprint density at radius 1 is 1.12 bits per heavy atom. The molecule has 0 bridgehead atoms. The van der Waals surface area contributed by atoms with Crippen molar-refractivity contribution in [3.05, 3.63) is 72.6 Å². The van der Waals surface area contributed by atoms with Crippen LogP contribution in [-0.4, -0.2) is 67.6 Å². The van der Waals surface area contributed by atoms with Crippen LogP contribution in [0, 0.1) is 5.92 Å². The lowest BCUT2D eigenvalue weighted by Crippen LogP contribution is -2.39. The van der Waals surface area contributed by atoms with E-state index in [-0.39, 0.29) is 48.5 Å². The van der Waals surface area contributed by atoms with Gasteiger partial charge in [-0.25, -0.2) is 14.3 Å². The lowest BCUT2D eigenvalue weighted by Gasteiger charge is -2.28. The van der Waals surface area contributed by atoms with Crippen LogP contribution in [0.1, 0.15) is 39.5 Å². The number of aromatic nitrogens is 4. The number of nitrogens with zero attached hydrogens (tertiary/aromatic N) is 4. The third-order valence-electron chi connectivity index (χ3n) is 7.78. The first kappa shape index (κ1) is 34.7. The molecule has 4 aromatic rings. The third kappa shape index (κ3) is 7.91. The van der Waals surface area contributed by atoms with Gasteiger partial charge in [-0.2, -0.15) is 15.1 Å². The van der Waals surface area contributed by atoms with Crippen molar-refractivity contribution in [2.24, 2.45) is 5.92 Å². The maximum Gasteiger partial charge on any atom is 0.459 e. The summed E-state index contributed by atoms with van der Waals surface area (Å²) < 4.78 is 43.5. The monoisotopic (exact) mass is 683 g/mol. The van der Waals surface area contributed by atoms with Crippen LogP contribution in [-0.2, 0) is 34.7 Å². The first-order chi connectivity index (χ1) is 22.9. The second kappa shape index (κ2) is 14.7. The minimum Gasteiger partial charge on any atom is -0.465 e. The molecule has 5 rings (SSSR count). The SMILES string of the molecule is CCOC(=O)[C@H](C)NP(=O)(OC[C@H]1O[C@@H](n2cnc3c(NC(=O)OCc4ccccc4)nc(N)nc32)C(C)(O)[C@H]1C)Oc1ccccc1. The molecule has 1 aliphatic rings. The number of hydrogen-bond acceptors (Lipinski definition) is 13. The molecule has 0 aliphatic carbocycles. The van der Waals surface area contributed by atoms with Crippen LogP contribution in [0.25, 0.3) is 11.2 Å². The third-order valence-corrected chi connectivity index (χ3v) is 9.42. The molecule has 16 nitrogen and oxygen atoms in total. The van der Waals surface area contributed by atoms with Crippen LogP contribution >= 0.6 is 7.75 Å². The smallest absolute Gasteiger partial charge is 0.459 e. The number of ether oxygens (including phenoxy) is 3. The summed E-state index contributed by atoms with van der Waals surface area (Å²) in [7, 11) is -4.19. The van der Waals surface area contributed by atoms with Gasteiger partial charge in [-0.15, -0.1) is 0 Å². The molecule has 48 heavy (non-hydrogen) atoms. The molecule has 1 aliphatic heterocycles. The number of imidazole rings is 1. The molecule has 2 unspecified atom stereocenters. The molecule has 5 N–H and O–H groups in total. The number of anilines is 2. The van der Waals surface area contributed by atoms with E-state index in [4.69, 9.17) is 29.0 Å². The molecule has 6 atom stereocenters. The quantitative estimate of drug-likeness (QED) is 0.115. The summed E-state index contributed by atoms with van der Waals surface area (Å²) in [5.74, 6) is -1.16. The Labute approximate surface area is 276 Å². The highest BCUT2D eigenvalue weighted by Gasteiger charge is 2.52. The molecule has 0 saturated carbocycles. The Balaban J connectivity index is 1.33. The standard InChI is InChI=1S/C31H38N7O9P/c1-5-43-27(39)20(3)37-48(42,47-22-14-10-7-11-15-22)45-17-23-19(2)31(4,41)28(46-23)38-18-33-24-25(34-29(32)36-26(24)38)35-30(40)44-16-21-12-8-6-9-13-21/h6-15,18-20,23,28,41H,5,16-17H2,1-4H3,(H,37,42)(H3,32,34,35,36,40)/t19-,20-,23+,28+,31?,48?/m0/s1. The summed E-state index contributed by atoms with van der Waals surface area (Å²) in [6, 6.07) is 16.4. The minimum atomic E-state index is -4.19. The first-order valence-electron chi connectivity index (χ1n) is 15.2. The van der Waals surface area contributed by atoms with E-state index in [1.54, 1.807) is 51.1 Å². The van der Waals surface area contributed by atoms with Gasteiger partial charge in [0.05, 0.1) is 25.6 Å². The van der Waals surface area contributed by atoms with Gasteiger partial charge < -0.3 is 29.6 Å². The van der Waals surface area contributed by atoms with Gasteiger partial charge in [-0.05, 0) is 38.5 Å². The number of carbonyl (C=O) groups is 2. The average Bonchev–Trinajstić information content (AvgIpc) is 3.57. The van der Waals surface area contributed by atoms with Crippen molar-refractivity contribution in [2.45, 2.75) is 58.3 Å². The molecule has 0 radical (unpaired) electrons. The van der Waals surface area contributed by atoms with E-state index >= 15 is 0 Å². The lowest BCUT2D eigenvalue weighted by molar-refractivity contribution is -0.144. The normalized spacial score (nSPS) is 22.5. The van der Waals surface area contributed by atoms with Gasteiger partial charge in [0.2, 0.25) is 5.95 Å². The average molecular weight is 684 g/mol. The highest BCUT2D eigenvalue weighted by molar-refractivity contribution is 7.52. The van der Waals surface area contributed by atoms with Crippen LogP contribution < -0.4 is 20.7 Å². The zero-order valence-electron chi connectivity index (χ0n) is 26.8. The largest absolute Gasteiger partial charge is 0.465 e. The summed E-state index contributed by atoms with van der Waals surface area (Å²) in [4.78, 5) is 37.7. The van der Waals surface area contributed by atoms with E-state index < -0.39 is 49.7 Å². The second-order valence-corrected chi connectivity index (χ2v) is 13.0. The highest BCUT2D eigenvalue weighted by atomic mass is 31.2. The minimum absolute atomic E-state index is 0.000626. The Kier molecular flexibility index (Phi) is 10.6. The Bertz CT molecular complexity index is 1770. The fourth-order valence-electron chi connectivity index (χ4n) is 5.04. The molecule has 2 aromatic carbocycles. The summed E-state index contributed by atoms with van der Waals surface area (Å²) in [6.07, 6.45) is -1.30. The second-order valence-electron chi connectivity index (χ2n) is 11.3. The number of benzene rings is 2. The number of esters is 1. The van der Waals surface area contributed by atoms with E-state index in [2.05, 4.69) is 25.4 Å². The molecule has 1 fully saturated rings. The fraction of sp³-hybridized carbons (Fsp3) is 0.387. The lowest BCUT2D eigenvalue weighted by atomic mass is 9.88. The topological polar surface area (TPSA) is 211 Å². The van der Waals surface area contributed by atoms with Gasteiger partial charge in [0, 0.05) is 5.92 Å². The predicted molar refractivity (Wildman–Crippen MR) is 174 cm³/mol. The van der Waals surface area contributed by atoms with E-state index in [0.717, 1.165) is 5.56 Å². The van der Waals surface area contributed by atoms with Gasteiger partial charge >= 0.3 is 19.8 Å². The van der Waals surface area contributed by atoms with E-state index in [1.807, 2.05) is 30.3 Å². The zero-order valence-corrected chi connectivity index (χ0v) is 27.7. The van der Waals surface area contributed by atoms with Crippen molar-refractivity contribution in [3.8, 4) is 5.75 Å². The van der Waals surface area contributed by atoms with Crippen LogP contribution in [0.2, 0.25) is 0 Å². The molecule has 256 valence electrons. The number of nitrogen functional groups attached to an aromatic ring is 1. The number of nitrogens with one attached hydrogen (secondary N) is 2. The molecule has 3 heterocycles. The zero-order chi connectivity index (χ0) is 34.5. The summed E-state index contributed by atoms with van der Waals surface area (Å²) in [6.45, 7) is 6.31. The maximum absolute atomic E-state index is 13.9. The van der Waals surface area contributed by atoms with Gasteiger partial charge in [0.25, 0.3) is 0 Å². The Morgan fingerprint density at radius 2 is 1.81 bits per heavy atom. The van der Waals surface area contributed by atoms with Gasteiger partial charge in [0.1, 0.15) is 24.0 Å². The van der Waals surface area contributed by atoms with E-state index in [9.17, 15) is 19.3 Å². The van der Waals surface area contributed by atoms with Crippen LogP contribution in [0.15, 0.2) is 67.0 Å². The van der Waals surface area contributed by atoms with Gasteiger partial charge in [-0.1, -0.05) is 55.5 Å². The van der Waals surface area contributed by atoms with Crippen LogP contribution in [0.4, 0.5) is 16.6 Å². The molecule has 0 spiro atoms. The molecule has 2 aromatic heterocycles. The van der Waals surface area contributed by atoms with Crippen molar-refractivity contribution in [3.63, 3.8) is 0 Å². The number of rotatable bonds is 13. The number of carbonyl (C=O) groups excluding carboxylic acids is 2. The number of para-hydroxylation sites is 1. The van der Waals surface area contributed by atoms with Crippen molar-refractivity contribution in [2.75, 3.05) is 24.3 Å². The molecular weight excluding hydrogens is 645 g/mol. The molecule has 17 heteroatoms. The Hall–Kier alpha value is -4.60. The van der Waals surface area contributed by atoms with Crippen molar-refractivity contribution in [1.82, 2.24) is 24.6 Å². The van der Waals surface area contributed by atoms with Gasteiger partial charge in [-0.3, -0.25) is 19.2 Å². The van der Waals surface area contributed by atoms with Crippen molar-refractivity contribution >= 4 is 42.7 Å². The summed E-state index contributed by atoms with van der Waals surface area (Å²) in [5, 5.41) is 16.8. The van der Waals surface area contributed by atoms with Crippen molar-refractivity contribution < 1.29 is 42.5 Å². The van der Waals surface area contributed by atoms with E-state index in [1.165, 1.54) is 17.8 Å². The number of amides is 1. The fourth-order valence-corrected chi connectivity index (χ4v) is 6.54. The van der Waals surface area contributed by atoms with Crippen LogP contribution in [0.3, 0.4) is 0 Å². The van der Waals surface area contributed by atoms with Crippen molar-refractivity contribution in [1.29, 1.82) is 0 Å². The summed E-state index contributed by atoms with van der Waals surface area (Å²) >= 11 is 0. The number of hydrogen-bond donors (Lipinski definition) is 4. The van der Waals surface area contributed by atoms with Crippen LogP contribution in [0.5, 0.6) is 5.75 Å². The van der Waals surface area contributed by atoms with Gasteiger partial charge in [0.15, 0.2) is 23.2 Å². The maximum atomic E-state index is 13.9. The predicted octanol–water partition coefficient (Wildman–Crippen LogP) is 4.19. The highest BCUT2D eigenvalue weighted by Crippen LogP contribution is 2.48. The summed E-state index contributed by atoms with van der Waals surface area (Å²) in [5.41, 5.74) is 5.60. The molecule has 1 saturated heterocycles. The Morgan fingerprint density at radius 3 is 2.50 bits per heavy atom. The molecular formula is C31H38N7O9P. The number of fused-ring (bicyclic) bond motifs is 1. The van der Waals surface area contributed by atoms with E-state index in [0.29, 0.717) is 0 Å². The number of aliphatic hydroxyl groups is 1. The molecule has 1 amide bonds. The first-order valence-corrected chi connectivity index (χ1v) is 16.7. The number of nitrogens with two attached hydrogens (primary N) is 1.